The van der Waals surface area contributed by atoms with Crippen molar-refractivity contribution in [2.24, 2.45) is 5.41 Å². The molecule has 0 aliphatic rings. The monoisotopic (exact) mass is 526 g/mol. The highest BCUT2D eigenvalue weighted by Crippen LogP contribution is 2.35. The molecule has 0 fully saturated rings. The number of fused-ring (bicyclic) bond motifs is 1. The first-order valence-corrected chi connectivity index (χ1v) is 11.4. The highest BCUT2D eigenvalue weighted by molar-refractivity contribution is 14.1. The minimum absolute atomic E-state index is 0.320. The second-order valence-corrected chi connectivity index (χ2v) is 10.1. The Balaban J connectivity index is 1.84. The van der Waals surface area contributed by atoms with Gasteiger partial charge >= 0.3 is 0 Å². The molecule has 0 saturated heterocycles. The predicted octanol–water partition coefficient (Wildman–Crippen LogP) is 4.20. The van der Waals surface area contributed by atoms with Crippen LogP contribution >= 0.6 is 34.4 Å². The summed E-state index contributed by atoms with van der Waals surface area (Å²) >= 11 is 3.91. The van der Waals surface area contributed by atoms with Crippen LogP contribution in [0.1, 0.15) is 27.2 Å². The van der Waals surface area contributed by atoms with Crippen molar-refractivity contribution in [2.45, 2.75) is 43.8 Å². The lowest BCUT2D eigenvalue weighted by molar-refractivity contribution is 0.365. The zero-order valence-electron chi connectivity index (χ0n) is 17.2. The number of anilines is 1. The second-order valence-electron chi connectivity index (χ2n) is 7.94. The Labute approximate surface area is 189 Å². The van der Waals surface area contributed by atoms with Gasteiger partial charge in [0.25, 0.3) is 0 Å². The minimum Gasteiger partial charge on any atom is -0.497 e. The predicted molar refractivity (Wildman–Crippen MR) is 127 cm³/mol. The van der Waals surface area contributed by atoms with Gasteiger partial charge in [0.15, 0.2) is 22.1 Å². The number of nitrogens with one attached hydrogen (secondary N) is 1. The van der Waals surface area contributed by atoms with Crippen LogP contribution in [0.2, 0.25) is 0 Å². The molecule has 0 aliphatic heterocycles. The number of nitrogens with zero attached hydrogens (tertiary/aromatic N) is 4. The summed E-state index contributed by atoms with van der Waals surface area (Å²) in [6.45, 7) is 9.31. The van der Waals surface area contributed by atoms with Gasteiger partial charge in [-0.1, -0.05) is 32.5 Å². The molecule has 7 nitrogen and oxygen atoms in total. The van der Waals surface area contributed by atoms with E-state index in [9.17, 15) is 0 Å². The molecule has 9 heteroatoms. The summed E-state index contributed by atoms with van der Waals surface area (Å²) < 4.78 is 8.62. The number of hydrogen-bond donors (Lipinski definition) is 2. The molecular formula is C20H27IN6OS. The standard InChI is InChI=1S/C20H27IN6OS/c1-20(2,3)7-8-23-9-10-27-18-16(17(22)24-12-25-18)26-19(27)29-15-11-13(28-4)5-6-14(15)21/h5-6,11-12,23H,7-10H2,1-4H3,(H2,22,24,25). The maximum atomic E-state index is 6.06. The third-order valence-electron chi connectivity index (χ3n) is 4.43. The lowest BCUT2D eigenvalue weighted by Crippen LogP contribution is -2.24. The van der Waals surface area contributed by atoms with Crippen molar-refractivity contribution >= 4 is 51.3 Å². The van der Waals surface area contributed by atoms with Crippen molar-refractivity contribution in [3.05, 3.63) is 28.1 Å². The summed E-state index contributed by atoms with van der Waals surface area (Å²) in [4.78, 5) is 14.4. The van der Waals surface area contributed by atoms with Crippen LogP contribution in [-0.2, 0) is 6.54 Å². The lowest BCUT2D eigenvalue weighted by atomic mass is 9.92. The van der Waals surface area contributed by atoms with E-state index < -0.39 is 0 Å². The Morgan fingerprint density at radius 2 is 2.03 bits per heavy atom. The van der Waals surface area contributed by atoms with Gasteiger partial charge in [-0.25, -0.2) is 15.0 Å². The van der Waals surface area contributed by atoms with Crippen LogP contribution in [0.3, 0.4) is 0 Å². The highest BCUT2D eigenvalue weighted by atomic mass is 127. The smallest absolute Gasteiger partial charge is 0.175 e. The molecule has 0 saturated carbocycles. The van der Waals surface area contributed by atoms with Crippen molar-refractivity contribution in [1.82, 2.24) is 24.8 Å². The first-order chi connectivity index (χ1) is 13.8. The molecule has 0 atom stereocenters. The van der Waals surface area contributed by atoms with Crippen molar-refractivity contribution in [1.29, 1.82) is 0 Å². The van der Waals surface area contributed by atoms with Crippen molar-refractivity contribution in [3.8, 4) is 5.75 Å². The van der Waals surface area contributed by atoms with Crippen LogP contribution in [0, 0.1) is 8.99 Å². The Kier molecular flexibility index (Phi) is 7.23. The van der Waals surface area contributed by atoms with E-state index in [4.69, 9.17) is 15.5 Å². The molecule has 0 aliphatic carbocycles. The second kappa shape index (κ2) is 9.48. The maximum Gasteiger partial charge on any atom is 0.175 e. The molecule has 3 aromatic rings. The number of aromatic nitrogens is 4. The Bertz CT molecular complexity index is 985. The van der Waals surface area contributed by atoms with Gasteiger partial charge in [0.1, 0.15) is 12.1 Å². The Hall–Kier alpha value is -1.59. The molecular weight excluding hydrogens is 499 g/mol. The lowest BCUT2D eigenvalue weighted by Gasteiger charge is -2.18. The van der Waals surface area contributed by atoms with E-state index >= 15 is 0 Å². The zero-order valence-corrected chi connectivity index (χ0v) is 20.2. The van der Waals surface area contributed by atoms with Gasteiger partial charge in [0, 0.05) is 21.6 Å². The first-order valence-electron chi connectivity index (χ1n) is 9.47. The minimum atomic E-state index is 0.320. The third kappa shape index (κ3) is 5.73. The number of ether oxygens (including phenoxy) is 1. The van der Waals surface area contributed by atoms with Crippen LogP contribution in [0.15, 0.2) is 34.6 Å². The number of benzene rings is 1. The number of rotatable bonds is 8. The van der Waals surface area contributed by atoms with E-state index in [0.29, 0.717) is 16.7 Å². The van der Waals surface area contributed by atoms with E-state index in [1.165, 1.54) is 6.33 Å². The van der Waals surface area contributed by atoms with Gasteiger partial charge in [-0.15, -0.1) is 0 Å². The van der Waals surface area contributed by atoms with Crippen molar-refractivity contribution in [2.75, 3.05) is 25.9 Å². The molecule has 0 bridgehead atoms. The quantitative estimate of drug-likeness (QED) is 0.336. The summed E-state index contributed by atoms with van der Waals surface area (Å²) in [5.74, 6) is 1.22. The fraction of sp³-hybridized carbons (Fsp3) is 0.450. The molecule has 2 aromatic heterocycles. The van der Waals surface area contributed by atoms with E-state index in [1.54, 1.807) is 18.9 Å². The summed E-state index contributed by atoms with van der Waals surface area (Å²) in [5, 5.41) is 4.37. The summed E-state index contributed by atoms with van der Waals surface area (Å²) in [6, 6.07) is 6.01. The van der Waals surface area contributed by atoms with Crippen LogP contribution in [0.4, 0.5) is 5.82 Å². The molecule has 156 valence electrons. The number of nitrogens with two attached hydrogens (primary N) is 1. The first kappa shape index (κ1) is 22.1. The molecule has 3 rings (SSSR count). The Morgan fingerprint density at radius 3 is 2.76 bits per heavy atom. The van der Waals surface area contributed by atoms with Crippen molar-refractivity contribution < 1.29 is 4.74 Å². The molecule has 2 heterocycles. The number of halogens is 1. The fourth-order valence-corrected chi connectivity index (χ4v) is 4.41. The van der Waals surface area contributed by atoms with Gasteiger partial charge in [0.2, 0.25) is 0 Å². The molecule has 0 spiro atoms. The molecule has 0 amide bonds. The van der Waals surface area contributed by atoms with E-state index in [0.717, 1.165) is 51.1 Å². The molecule has 0 unspecified atom stereocenters. The number of imidazole rings is 1. The highest BCUT2D eigenvalue weighted by Gasteiger charge is 2.17. The Morgan fingerprint density at radius 1 is 1.24 bits per heavy atom. The largest absolute Gasteiger partial charge is 0.497 e. The van der Waals surface area contributed by atoms with E-state index in [-0.39, 0.29) is 0 Å². The zero-order chi connectivity index (χ0) is 21.0. The molecule has 0 radical (unpaired) electrons. The summed E-state index contributed by atoms with van der Waals surface area (Å²) in [7, 11) is 1.67. The summed E-state index contributed by atoms with van der Waals surface area (Å²) in [6.07, 6.45) is 2.61. The topological polar surface area (TPSA) is 90.9 Å². The average Bonchev–Trinajstić information content (AvgIpc) is 3.01. The molecule has 1 aromatic carbocycles. The van der Waals surface area contributed by atoms with Crippen molar-refractivity contribution in [3.63, 3.8) is 0 Å². The number of methoxy groups -OCH3 is 1. The fourth-order valence-electron chi connectivity index (χ4n) is 2.78. The normalized spacial score (nSPS) is 11.9. The van der Waals surface area contributed by atoms with Gasteiger partial charge in [-0.2, -0.15) is 0 Å². The van der Waals surface area contributed by atoms with Gasteiger partial charge < -0.3 is 20.4 Å². The van der Waals surface area contributed by atoms with E-state index in [1.807, 2.05) is 18.2 Å². The maximum absolute atomic E-state index is 6.06. The van der Waals surface area contributed by atoms with Gasteiger partial charge in [-0.3, -0.25) is 0 Å². The molecule has 3 N–H and O–H groups in total. The average molecular weight is 526 g/mol. The third-order valence-corrected chi connectivity index (χ3v) is 6.79. The van der Waals surface area contributed by atoms with Gasteiger partial charge in [0.05, 0.1) is 7.11 Å². The van der Waals surface area contributed by atoms with Crippen LogP contribution < -0.4 is 15.8 Å². The van der Waals surface area contributed by atoms with Crippen LogP contribution in [0.5, 0.6) is 5.75 Å². The van der Waals surface area contributed by atoms with Crippen LogP contribution in [0.25, 0.3) is 11.2 Å². The van der Waals surface area contributed by atoms with Gasteiger partial charge in [-0.05, 0) is 59.2 Å². The number of hydrogen-bond acceptors (Lipinski definition) is 7. The van der Waals surface area contributed by atoms with E-state index in [2.05, 4.69) is 63.2 Å². The van der Waals surface area contributed by atoms with Crippen LogP contribution in [-0.4, -0.2) is 39.7 Å². The number of nitrogen functional groups attached to an aromatic ring is 1. The SMILES string of the molecule is COc1ccc(I)c(Sc2nc3c(N)ncnc3n2CCNCCC(C)(C)C)c1. The molecule has 29 heavy (non-hydrogen) atoms. The summed E-state index contributed by atoms with van der Waals surface area (Å²) in [5.41, 5.74) is 7.78.